The molecular formula is C23H27N5O. The molecule has 1 aliphatic heterocycles. The molecule has 0 aliphatic carbocycles. The maximum absolute atomic E-state index is 12.3. The van der Waals surface area contributed by atoms with Crippen molar-refractivity contribution < 1.29 is 4.79 Å². The lowest BCUT2D eigenvalue weighted by atomic mass is 10.0. The van der Waals surface area contributed by atoms with E-state index in [-0.39, 0.29) is 5.91 Å². The molecule has 1 aliphatic rings. The monoisotopic (exact) mass is 389 g/mol. The SMILES string of the molecule is O=C(Cc1ccc2ccccc2c1)NCCCN1CCN(c2ncccn2)CC1. The lowest BCUT2D eigenvalue weighted by Gasteiger charge is -2.34. The largest absolute Gasteiger partial charge is 0.356 e. The van der Waals surface area contributed by atoms with Crippen molar-refractivity contribution >= 4 is 22.6 Å². The minimum Gasteiger partial charge on any atom is -0.356 e. The summed E-state index contributed by atoms with van der Waals surface area (Å²) >= 11 is 0. The van der Waals surface area contributed by atoms with Gasteiger partial charge in [0.15, 0.2) is 0 Å². The molecule has 0 spiro atoms. The van der Waals surface area contributed by atoms with Gasteiger partial charge in [-0.25, -0.2) is 9.97 Å². The van der Waals surface area contributed by atoms with Crippen LogP contribution in [0.1, 0.15) is 12.0 Å². The molecule has 3 aromatic rings. The van der Waals surface area contributed by atoms with Gasteiger partial charge in [0.05, 0.1) is 6.42 Å². The third kappa shape index (κ3) is 5.29. The smallest absolute Gasteiger partial charge is 0.225 e. The fourth-order valence-electron chi connectivity index (χ4n) is 3.75. The molecule has 2 aromatic carbocycles. The molecule has 1 fully saturated rings. The molecule has 6 nitrogen and oxygen atoms in total. The summed E-state index contributed by atoms with van der Waals surface area (Å²) in [5, 5.41) is 5.44. The lowest BCUT2D eigenvalue weighted by molar-refractivity contribution is -0.120. The summed E-state index contributed by atoms with van der Waals surface area (Å²) in [5.74, 6) is 0.902. The van der Waals surface area contributed by atoms with E-state index in [2.05, 4.69) is 49.4 Å². The second-order valence-electron chi connectivity index (χ2n) is 7.44. The van der Waals surface area contributed by atoms with Gasteiger partial charge >= 0.3 is 0 Å². The minimum atomic E-state index is 0.0892. The van der Waals surface area contributed by atoms with Crippen LogP contribution in [0.15, 0.2) is 60.9 Å². The molecule has 2 heterocycles. The van der Waals surface area contributed by atoms with Gasteiger partial charge in [0.2, 0.25) is 11.9 Å². The van der Waals surface area contributed by atoms with Gasteiger partial charge in [-0.2, -0.15) is 0 Å². The molecule has 0 saturated carbocycles. The second kappa shape index (κ2) is 9.47. The number of fused-ring (bicyclic) bond motifs is 1. The lowest BCUT2D eigenvalue weighted by Crippen LogP contribution is -2.47. The Balaban J connectivity index is 1.15. The van der Waals surface area contributed by atoms with Gasteiger partial charge in [-0.3, -0.25) is 9.69 Å². The highest BCUT2D eigenvalue weighted by atomic mass is 16.1. The van der Waals surface area contributed by atoms with Crippen LogP contribution in [0, 0.1) is 0 Å². The summed E-state index contributed by atoms with van der Waals surface area (Å²) in [6.45, 7) is 5.61. The van der Waals surface area contributed by atoms with E-state index in [1.807, 2.05) is 24.3 Å². The standard InChI is InChI=1S/C23H27N5O/c29-22(18-19-7-8-20-5-1-2-6-21(20)17-19)24-11-4-12-27-13-15-28(16-14-27)23-25-9-3-10-26-23/h1-3,5-10,17H,4,11-16,18H2,(H,24,29). The van der Waals surface area contributed by atoms with Crippen molar-refractivity contribution in [1.29, 1.82) is 0 Å². The van der Waals surface area contributed by atoms with E-state index in [0.29, 0.717) is 13.0 Å². The molecule has 0 atom stereocenters. The Morgan fingerprint density at radius 1 is 0.931 bits per heavy atom. The molecule has 6 heteroatoms. The average Bonchev–Trinajstić information content (AvgIpc) is 2.78. The zero-order valence-electron chi connectivity index (χ0n) is 16.6. The van der Waals surface area contributed by atoms with Crippen LogP contribution in [0.5, 0.6) is 0 Å². The highest BCUT2D eigenvalue weighted by Crippen LogP contribution is 2.16. The van der Waals surface area contributed by atoms with Crippen molar-refractivity contribution in [3.8, 4) is 0 Å². The van der Waals surface area contributed by atoms with Gasteiger partial charge in [-0.05, 0) is 35.4 Å². The number of aromatic nitrogens is 2. The number of amides is 1. The van der Waals surface area contributed by atoms with E-state index < -0.39 is 0 Å². The first-order valence-corrected chi connectivity index (χ1v) is 10.3. The van der Waals surface area contributed by atoms with Crippen molar-refractivity contribution in [2.75, 3.05) is 44.2 Å². The van der Waals surface area contributed by atoms with Gasteiger partial charge in [0.1, 0.15) is 0 Å². The first kappa shape index (κ1) is 19.3. The summed E-state index contributed by atoms with van der Waals surface area (Å²) in [5.41, 5.74) is 1.06. The van der Waals surface area contributed by atoms with Gasteiger partial charge in [-0.1, -0.05) is 42.5 Å². The van der Waals surface area contributed by atoms with Crippen molar-refractivity contribution in [1.82, 2.24) is 20.2 Å². The fourth-order valence-corrected chi connectivity index (χ4v) is 3.75. The van der Waals surface area contributed by atoms with E-state index in [1.54, 1.807) is 12.4 Å². The number of anilines is 1. The highest BCUT2D eigenvalue weighted by Gasteiger charge is 2.18. The van der Waals surface area contributed by atoms with E-state index >= 15 is 0 Å². The van der Waals surface area contributed by atoms with E-state index in [9.17, 15) is 4.79 Å². The quantitative estimate of drug-likeness (QED) is 0.629. The van der Waals surface area contributed by atoms with Crippen LogP contribution < -0.4 is 10.2 Å². The van der Waals surface area contributed by atoms with Crippen LogP contribution >= 0.6 is 0 Å². The molecule has 29 heavy (non-hydrogen) atoms. The van der Waals surface area contributed by atoms with Gasteiger partial charge in [0, 0.05) is 45.1 Å². The van der Waals surface area contributed by atoms with Crippen molar-refractivity contribution in [3.63, 3.8) is 0 Å². The zero-order chi connectivity index (χ0) is 19.9. The predicted octanol–water partition coefficient (Wildman–Crippen LogP) is 2.50. The van der Waals surface area contributed by atoms with Crippen LogP contribution in [-0.2, 0) is 11.2 Å². The molecule has 1 aromatic heterocycles. The third-order valence-corrected chi connectivity index (χ3v) is 5.36. The number of benzene rings is 2. The highest BCUT2D eigenvalue weighted by molar-refractivity contribution is 5.85. The maximum Gasteiger partial charge on any atom is 0.225 e. The van der Waals surface area contributed by atoms with Crippen LogP contribution in [0.2, 0.25) is 0 Å². The number of hydrogen-bond donors (Lipinski definition) is 1. The third-order valence-electron chi connectivity index (χ3n) is 5.36. The van der Waals surface area contributed by atoms with Gasteiger partial charge in [0.25, 0.3) is 0 Å². The number of carbonyl (C=O) groups excluding carboxylic acids is 1. The molecule has 1 amide bonds. The average molecular weight is 390 g/mol. The molecule has 1 saturated heterocycles. The summed E-state index contributed by atoms with van der Waals surface area (Å²) in [7, 11) is 0. The Kier molecular flexibility index (Phi) is 6.32. The molecule has 150 valence electrons. The Hall–Kier alpha value is -2.99. The Morgan fingerprint density at radius 2 is 1.69 bits per heavy atom. The fraction of sp³-hybridized carbons (Fsp3) is 0.348. The molecular weight excluding hydrogens is 362 g/mol. The van der Waals surface area contributed by atoms with Crippen molar-refractivity contribution in [2.45, 2.75) is 12.8 Å². The first-order chi connectivity index (χ1) is 14.3. The van der Waals surface area contributed by atoms with E-state index in [0.717, 1.165) is 50.7 Å². The van der Waals surface area contributed by atoms with Crippen LogP contribution in [0.4, 0.5) is 5.95 Å². The number of rotatable bonds is 7. The van der Waals surface area contributed by atoms with Crippen LogP contribution in [0.3, 0.4) is 0 Å². The van der Waals surface area contributed by atoms with Crippen molar-refractivity contribution in [3.05, 3.63) is 66.5 Å². The second-order valence-corrected chi connectivity index (χ2v) is 7.44. The van der Waals surface area contributed by atoms with Gasteiger partial charge in [-0.15, -0.1) is 0 Å². The van der Waals surface area contributed by atoms with Gasteiger partial charge < -0.3 is 10.2 Å². The topological polar surface area (TPSA) is 61.4 Å². The number of nitrogens with one attached hydrogen (secondary N) is 1. The molecule has 0 radical (unpaired) electrons. The normalized spacial score (nSPS) is 14.8. The Bertz CT molecular complexity index is 938. The number of piperazine rings is 1. The van der Waals surface area contributed by atoms with Crippen molar-refractivity contribution in [2.24, 2.45) is 0 Å². The summed E-state index contributed by atoms with van der Waals surface area (Å²) < 4.78 is 0. The van der Waals surface area contributed by atoms with Crippen LogP contribution in [-0.4, -0.2) is 60.0 Å². The summed E-state index contributed by atoms with van der Waals surface area (Å²) in [4.78, 5) is 25.6. The number of nitrogens with zero attached hydrogens (tertiary/aromatic N) is 4. The van der Waals surface area contributed by atoms with E-state index in [4.69, 9.17) is 0 Å². The first-order valence-electron chi connectivity index (χ1n) is 10.3. The van der Waals surface area contributed by atoms with E-state index in [1.165, 1.54) is 10.8 Å². The molecule has 0 unspecified atom stereocenters. The summed E-state index contributed by atoms with van der Waals surface area (Å²) in [6.07, 6.45) is 4.97. The molecule has 4 rings (SSSR count). The predicted molar refractivity (Wildman–Crippen MR) is 116 cm³/mol. The Morgan fingerprint density at radius 3 is 2.48 bits per heavy atom. The zero-order valence-corrected chi connectivity index (χ0v) is 16.6. The summed E-state index contributed by atoms with van der Waals surface area (Å²) in [6, 6.07) is 16.3. The number of carbonyl (C=O) groups is 1. The molecule has 1 N–H and O–H groups in total. The number of hydrogen-bond acceptors (Lipinski definition) is 5. The molecule has 0 bridgehead atoms. The minimum absolute atomic E-state index is 0.0892. The Labute approximate surface area is 171 Å². The van der Waals surface area contributed by atoms with Crippen LogP contribution in [0.25, 0.3) is 10.8 Å². The maximum atomic E-state index is 12.3.